The Morgan fingerprint density at radius 3 is 2.67 bits per heavy atom. The van der Waals surface area contributed by atoms with Crippen molar-refractivity contribution in [2.45, 2.75) is 20.8 Å². The van der Waals surface area contributed by atoms with Gasteiger partial charge in [-0.2, -0.15) is 0 Å². The van der Waals surface area contributed by atoms with Crippen molar-refractivity contribution in [3.8, 4) is 5.75 Å². The van der Waals surface area contributed by atoms with Gasteiger partial charge in [-0.25, -0.2) is 9.59 Å². The highest BCUT2D eigenvalue weighted by Gasteiger charge is 2.14. The van der Waals surface area contributed by atoms with E-state index in [2.05, 4.69) is 0 Å². The summed E-state index contributed by atoms with van der Waals surface area (Å²) >= 11 is 5.89. The summed E-state index contributed by atoms with van der Waals surface area (Å²) in [5.41, 5.74) is 1.10. The van der Waals surface area contributed by atoms with Gasteiger partial charge in [0.05, 0.1) is 6.61 Å². The molecule has 0 aliphatic carbocycles. The SMILES string of the molecule is CCOC(=O)COc1ccc2c(C)c(Cl)c(=O)oc2c1C. The zero-order valence-electron chi connectivity index (χ0n) is 12.0. The molecule has 0 N–H and O–H groups in total. The summed E-state index contributed by atoms with van der Waals surface area (Å²) in [6.07, 6.45) is 0. The second-order valence-corrected chi connectivity index (χ2v) is 4.87. The second kappa shape index (κ2) is 6.18. The first-order valence-electron chi connectivity index (χ1n) is 6.46. The first-order valence-corrected chi connectivity index (χ1v) is 6.84. The highest BCUT2D eigenvalue weighted by atomic mass is 35.5. The molecule has 0 unspecified atom stereocenters. The number of esters is 1. The van der Waals surface area contributed by atoms with E-state index in [1.54, 1.807) is 32.9 Å². The lowest BCUT2D eigenvalue weighted by atomic mass is 10.1. The molecule has 0 radical (unpaired) electrons. The first-order chi connectivity index (χ1) is 9.95. The van der Waals surface area contributed by atoms with Gasteiger partial charge in [0, 0.05) is 10.9 Å². The van der Waals surface area contributed by atoms with Crippen LogP contribution in [0.3, 0.4) is 0 Å². The number of carbonyl (C=O) groups excluding carboxylic acids is 1. The zero-order chi connectivity index (χ0) is 15.6. The topological polar surface area (TPSA) is 65.7 Å². The minimum Gasteiger partial charge on any atom is -0.481 e. The fraction of sp³-hybridized carbons (Fsp3) is 0.333. The molecular formula is C15H15ClO5. The number of ether oxygens (including phenoxy) is 2. The summed E-state index contributed by atoms with van der Waals surface area (Å²) in [6.45, 7) is 5.32. The fourth-order valence-corrected chi connectivity index (χ4v) is 2.15. The molecular weight excluding hydrogens is 296 g/mol. The van der Waals surface area contributed by atoms with Crippen LogP contribution >= 0.6 is 11.6 Å². The smallest absolute Gasteiger partial charge is 0.355 e. The molecule has 1 heterocycles. The molecule has 2 rings (SSSR count). The van der Waals surface area contributed by atoms with Gasteiger partial charge < -0.3 is 13.9 Å². The van der Waals surface area contributed by atoms with Gasteiger partial charge in [0.2, 0.25) is 0 Å². The van der Waals surface area contributed by atoms with Gasteiger partial charge in [0.25, 0.3) is 0 Å². The van der Waals surface area contributed by atoms with E-state index in [-0.39, 0.29) is 11.6 Å². The van der Waals surface area contributed by atoms with Crippen LogP contribution < -0.4 is 10.4 Å². The fourth-order valence-electron chi connectivity index (χ4n) is 2.00. The van der Waals surface area contributed by atoms with Gasteiger partial charge in [0.15, 0.2) is 6.61 Å². The molecule has 0 amide bonds. The summed E-state index contributed by atoms with van der Waals surface area (Å²) in [5, 5.41) is 0.808. The molecule has 1 aromatic heterocycles. The molecule has 0 saturated carbocycles. The summed E-state index contributed by atoms with van der Waals surface area (Å²) in [5.74, 6) is 0.00571. The molecule has 6 heteroatoms. The zero-order valence-corrected chi connectivity index (χ0v) is 12.7. The van der Waals surface area contributed by atoms with Crippen LogP contribution in [0.1, 0.15) is 18.1 Å². The lowest BCUT2D eigenvalue weighted by Crippen LogP contribution is -2.15. The average molecular weight is 311 g/mol. The Balaban J connectivity index is 2.40. The van der Waals surface area contributed by atoms with E-state index >= 15 is 0 Å². The first kappa shape index (κ1) is 15.4. The minimum atomic E-state index is -0.590. The van der Waals surface area contributed by atoms with E-state index < -0.39 is 11.6 Å². The van der Waals surface area contributed by atoms with Crippen molar-refractivity contribution >= 4 is 28.5 Å². The van der Waals surface area contributed by atoms with Crippen LogP contribution in [0.15, 0.2) is 21.3 Å². The number of carbonyl (C=O) groups is 1. The Kier molecular flexibility index (Phi) is 4.53. The molecule has 0 aliphatic rings. The van der Waals surface area contributed by atoms with Gasteiger partial charge in [-0.3, -0.25) is 0 Å². The third-order valence-electron chi connectivity index (χ3n) is 3.11. The third kappa shape index (κ3) is 3.03. The van der Waals surface area contributed by atoms with Crippen molar-refractivity contribution in [2.24, 2.45) is 0 Å². The largest absolute Gasteiger partial charge is 0.481 e. The van der Waals surface area contributed by atoms with E-state index in [0.717, 1.165) is 5.39 Å². The quantitative estimate of drug-likeness (QED) is 0.641. The Labute approximate surface area is 126 Å². The Bertz CT molecular complexity index is 748. The Morgan fingerprint density at radius 2 is 2.00 bits per heavy atom. The molecule has 1 aromatic carbocycles. The highest BCUT2D eigenvalue weighted by Crippen LogP contribution is 2.30. The van der Waals surface area contributed by atoms with E-state index in [4.69, 9.17) is 25.5 Å². The average Bonchev–Trinajstić information content (AvgIpc) is 2.45. The molecule has 0 bridgehead atoms. The molecule has 112 valence electrons. The Hall–Kier alpha value is -2.01. The van der Waals surface area contributed by atoms with Crippen LogP contribution in [0.4, 0.5) is 0 Å². The van der Waals surface area contributed by atoms with E-state index in [0.29, 0.717) is 29.1 Å². The highest BCUT2D eigenvalue weighted by molar-refractivity contribution is 6.31. The monoisotopic (exact) mass is 310 g/mol. The van der Waals surface area contributed by atoms with E-state index in [1.807, 2.05) is 0 Å². The molecule has 0 fully saturated rings. The standard InChI is InChI=1S/C15H15ClO5/c1-4-19-12(17)7-20-11-6-5-10-8(2)13(16)15(18)21-14(10)9(11)3/h5-6H,4,7H2,1-3H3. The summed E-state index contributed by atoms with van der Waals surface area (Å²) in [4.78, 5) is 23.0. The Morgan fingerprint density at radius 1 is 1.29 bits per heavy atom. The lowest BCUT2D eigenvalue weighted by molar-refractivity contribution is -0.145. The maximum Gasteiger partial charge on any atom is 0.355 e. The third-order valence-corrected chi connectivity index (χ3v) is 3.55. The van der Waals surface area contributed by atoms with Crippen molar-refractivity contribution < 1.29 is 18.7 Å². The molecule has 0 spiro atoms. The van der Waals surface area contributed by atoms with Crippen LogP contribution in [0.5, 0.6) is 5.75 Å². The lowest BCUT2D eigenvalue weighted by Gasteiger charge is -2.11. The molecule has 0 aliphatic heterocycles. The van der Waals surface area contributed by atoms with Gasteiger partial charge in [-0.05, 0) is 38.5 Å². The van der Waals surface area contributed by atoms with Crippen LogP contribution in [-0.2, 0) is 9.53 Å². The number of aryl methyl sites for hydroxylation is 2. The summed E-state index contributed by atoms with van der Waals surface area (Å²) in [6, 6.07) is 3.45. The van der Waals surface area contributed by atoms with Crippen molar-refractivity contribution in [3.05, 3.63) is 38.7 Å². The van der Waals surface area contributed by atoms with Crippen molar-refractivity contribution in [1.29, 1.82) is 0 Å². The molecule has 2 aromatic rings. The molecule has 0 saturated heterocycles. The number of hydrogen-bond acceptors (Lipinski definition) is 5. The predicted molar refractivity (Wildman–Crippen MR) is 79.1 cm³/mol. The van der Waals surface area contributed by atoms with Gasteiger partial charge in [-0.1, -0.05) is 11.6 Å². The van der Waals surface area contributed by atoms with Crippen molar-refractivity contribution in [1.82, 2.24) is 0 Å². The maximum absolute atomic E-state index is 11.7. The molecule has 21 heavy (non-hydrogen) atoms. The van der Waals surface area contributed by atoms with Gasteiger partial charge in [-0.15, -0.1) is 0 Å². The van der Waals surface area contributed by atoms with Crippen LogP contribution in [0, 0.1) is 13.8 Å². The van der Waals surface area contributed by atoms with Crippen molar-refractivity contribution in [3.63, 3.8) is 0 Å². The molecule has 5 nitrogen and oxygen atoms in total. The number of hydrogen-bond donors (Lipinski definition) is 0. The number of halogens is 1. The minimum absolute atomic E-state index is 0.0714. The van der Waals surface area contributed by atoms with Gasteiger partial charge in [0.1, 0.15) is 16.4 Å². The number of rotatable bonds is 4. The van der Waals surface area contributed by atoms with E-state index in [9.17, 15) is 9.59 Å². The normalized spacial score (nSPS) is 10.7. The summed E-state index contributed by atoms with van der Waals surface area (Å²) in [7, 11) is 0. The summed E-state index contributed by atoms with van der Waals surface area (Å²) < 4.78 is 15.4. The van der Waals surface area contributed by atoms with Crippen molar-refractivity contribution in [2.75, 3.05) is 13.2 Å². The van der Waals surface area contributed by atoms with Crippen LogP contribution in [0.2, 0.25) is 5.02 Å². The maximum atomic E-state index is 11.7. The predicted octanol–water partition coefficient (Wildman–Crippen LogP) is 3.01. The second-order valence-electron chi connectivity index (χ2n) is 4.49. The van der Waals surface area contributed by atoms with Crippen LogP contribution in [-0.4, -0.2) is 19.2 Å². The number of benzene rings is 1. The van der Waals surface area contributed by atoms with Gasteiger partial charge >= 0.3 is 11.6 Å². The van der Waals surface area contributed by atoms with E-state index in [1.165, 1.54) is 0 Å². The number of fused-ring (bicyclic) bond motifs is 1. The molecule has 0 atom stereocenters. The van der Waals surface area contributed by atoms with Crippen LogP contribution in [0.25, 0.3) is 11.0 Å².